The Hall–Kier alpha value is 0.372. The summed E-state index contributed by atoms with van der Waals surface area (Å²) in [5.41, 5.74) is 0. The van der Waals surface area contributed by atoms with Crippen molar-refractivity contribution in [1.29, 1.82) is 0 Å². The van der Waals surface area contributed by atoms with E-state index in [0.29, 0.717) is 26.2 Å². The van der Waals surface area contributed by atoms with E-state index in [1.54, 1.807) is 0 Å². The molecule has 5 heteroatoms. The molecule has 0 unspecified atom stereocenters. The van der Waals surface area contributed by atoms with E-state index in [1.165, 1.54) is 0 Å². The third-order valence-electron chi connectivity index (χ3n) is 1.51. The molecule has 0 bridgehead atoms. The molecule has 0 rings (SSSR count). The van der Waals surface area contributed by atoms with Gasteiger partial charge in [-0.25, -0.2) is 0 Å². The summed E-state index contributed by atoms with van der Waals surface area (Å²) in [5.74, 6) is -1.05. The van der Waals surface area contributed by atoms with Gasteiger partial charge in [0.1, 0.15) is 0 Å². The van der Waals surface area contributed by atoms with Crippen molar-refractivity contribution in [2.24, 2.45) is 0 Å². The first kappa shape index (κ1) is 16.8. The van der Waals surface area contributed by atoms with Crippen LogP contribution >= 0.6 is 0 Å². The third kappa shape index (κ3) is 5.97. The Bertz CT molecular complexity index is 91.9. The van der Waals surface area contributed by atoms with Crippen molar-refractivity contribution in [2.75, 3.05) is 26.4 Å². The van der Waals surface area contributed by atoms with Crippen LogP contribution < -0.4 is 0 Å². The summed E-state index contributed by atoms with van der Waals surface area (Å²) in [6, 6.07) is 0. The van der Waals surface area contributed by atoms with E-state index in [9.17, 15) is 0 Å². The molecular weight excluding hydrogens is 224 g/mol. The molecule has 1 N–H and O–H groups in total. The van der Waals surface area contributed by atoms with Gasteiger partial charge in [0.25, 0.3) is 5.97 Å². The van der Waals surface area contributed by atoms with Gasteiger partial charge in [-0.05, 0) is 20.8 Å². The van der Waals surface area contributed by atoms with Crippen molar-refractivity contribution < 1.29 is 36.7 Å². The van der Waals surface area contributed by atoms with E-state index in [0.717, 1.165) is 0 Å². The molecule has 4 nitrogen and oxygen atoms in total. The van der Waals surface area contributed by atoms with E-state index in [4.69, 9.17) is 19.3 Å². The van der Waals surface area contributed by atoms with Crippen molar-refractivity contribution >= 4 is 0 Å². The van der Waals surface area contributed by atoms with Gasteiger partial charge in [0.2, 0.25) is 0 Å². The fourth-order valence-electron chi connectivity index (χ4n) is 1.14. The van der Waals surface area contributed by atoms with Gasteiger partial charge in [0.15, 0.2) is 0 Å². The van der Waals surface area contributed by atoms with Gasteiger partial charge in [-0.1, -0.05) is 0 Å². The Morgan fingerprint density at radius 3 is 1.50 bits per heavy atom. The standard InChI is InChI=1S/C9H20O4.Cr/c1-4-11-9(7-8-10,12-5-2)13-6-3;/h10H,4-8H2,1-3H3;. The molecule has 0 aromatic carbocycles. The number of rotatable bonds is 8. The van der Waals surface area contributed by atoms with Gasteiger partial charge in [-0.2, -0.15) is 0 Å². The largest absolute Gasteiger partial charge is 0.396 e. The Labute approximate surface area is 96.7 Å². The molecule has 0 aromatic heterocycles. The molecule has 0 atom stereocenters. The SMILES string of the molecule is CCOC(CCO)(OCC)OCC.[Cr]. The minimum Gasteiger partial charge on any atom is -0.396 e. The van der Waals surface area contributed by atoms with Gasteiger partial charge in [-0.3, -0.25) is 0 Å². The average Bonchev–Trinajstić information content (AvgIpc) is 2.06. The van der Waals surface area contributed by atoms with Crippen LogP contribution in [0.1, 0.15) is 27.2 Å². The summed E-state index contributed by atoms with van der Waals surface area (Å²) in [6.07, 6.45) is 0.336. The molecule has 0 aliphatic rings. The molecule has 14 heavy (non-hydrogen) atoms. The second kappa shape index (κ2) is 9.91. The molecule has 0 radical (unpaired) electrons. The van der Waals surface area contributed by atoms with Crippen LogP contribution in [0.25, 0.3) is 0 Å². The fraction of sp³-hybridized carbons (Fsp3) is 1.00. The summed E-state index contributed by atoms with van der Waals surface area (Å²) in [4.78, 5) is 0. The normalized spacial score (nSPS) is 11.1. The van der Waals surface area contributed by atoms with Crippen LogP contribution in [-0.2, 0) is 31.6 Å². The monoisotopic (exact) mass is 244 g/mol. The first-order valence-electron chi connectivity index (χ1n) is 4.77. The molecule has 86 valence electrons. The Kier molecular flexibility index (Phi) is 11.9. The number of hydrogen-bond donors (Lipinski definition) is 1. The topological polar surface area (TPSA) is 47.9 Å². The Morgan fingerprint density at radius 1 is 0.929 bits per heavy atom. The zero-order valence-electron chi connectivity index (χ0n) is 9.12. The van der Waals surface area contributed by atoms with E-state index < -0.39 is 5.97 Å². The molecular formula is C9H20CrO4. The van der Waals surface area contributed by atoms with Crippen molar-refractivity contribution in [3.8, 4) is 0 Å². The van der Waals surface area contributed by atoms with Crippen LogP contribution in [0.3, 0.4) is 0 Å². The Balaban J connectivity index is 0. The number of hydrogen-bond acceptors (Lipinski definition) is 4. The third-order valence-corrected chi connectivity index (χ3v) is 1.51. The minimum atomic E-state index is -1.05. The summed E-state index contributed by atoms with van der Waals surface area (Å²) in [6.45, 7) is 7.08. The van der Waals surface area contributed by atoms with Crippen LogP contribution in [0.5, 0.6) is 0 Å². The van der Waals surface area contributed by atoms with Crippen molar-refractivity contribution in [1.82, 2.24) is 0 Å². The molecule has 0 heterocycles. The first-order chi connectivity index (χ1) is 6.24. The van der Waals surface area contributed by atoms with Crippen LogP contribution in [0.2, 0.25) is 0 Å². The summed E-state index contributed by atoms with van der Waals surface area (Å²) < 4.78 is 16.0. The van der Waals surface area contributed by atoms with E-state index in [2.05, 4.69) is 0 Å². The summed E-state index contributed by atoms with van der Waals surface area (Å²) in [7, 11) is 0. The van der Waals surface area contributed by atoms with Crippen LogP contribution in [0, 0.1) is 0 Å². The second-order valence-corrected chi connectivity index (χ2v) is 2.46. The smallest absolute Gasteiger partial charge is 0.285 e. The molecule has 0 aromatic rings. The van der Waals surface area contributed by atoms with Crippen molar-refractivity contribution in [2.45, 2.75) is 33.2 Å². The predicted molar refractivity (Wildman–Crippen MR) is 49.3 cm³/mol. The second-order valence-electron chi connectivity index (χ2n) is 2.46. The van der Waals surface area contributed by atoms with Crippen molar-refractivity contribution in [3.05, 3.63) is 0 Å². The number of aliphatic hydroxyl groups is 1. The van der Waals surface area contributed by atoms with Gasteiger partial charge < -0.3 is 19.3 Å². The predicted octanol–water partition coefficient (Wildman–Crippen LogP) is 1.13. The molecule has 0 amide bonds. The van der Waals surface area contributed by atoms with Gasteiger partial charge in [-0.15, -0.1) is 0 Å². The molecule has 0 aliphatic heterocycles. The molecule has 0 saturated heterocycles. The minimum absolute atomic E-state index is 0. The molecule has 0 spiro atoms. The average molecular weight is 244 g/mol. The maximum Gasteiger partial charge on any atom is 0.285 e. The molecule has 0 aliphatic carbocycles. The fourth-order valence-corrected chi connectivity index (χ4v) is 1.14. The van der Waals surface area contributed by atoms with E-state index >= 15 is 0 Å². The Morgan fingerprint density at radius 2 is 1.29 bits per heavy atom. The maximum absolute atomic E-state index is 8.84. The van der Waals surface area contributed by atoms with Gasteiger partial charge in [0.05, 0.1) is 13.0 Å². The van der Waals surface area contributed by atoms with Gasteiger partial charge >= 0.3 is 0 Å². The number of aliphatic hydroxyl groups excluding tert-OH is 1. The number of ether oxygens (including phenoxy) is 3. The zero-order chi connectivity index (χ0) is 10.2. The van der Waals surface area contributed by atoms with Gasteiger partial charge in [0, 0.05) is 37.2 Å². The summed E-state index contributed by atoms with van der Waals surface area (Å²) in [5, 5.41) is 8.84. The molecule has 0 fully saturated rings. The van der Waals surface area contributed by atoms with Crippen LogP contribution in [-0.4, -0.2) is 37.5 Å². The van der Waals surface area contributed by atoms with E-state index in [-0.39, 0.29) is 24.0 Å². The van der Waals surface area contributed by atoms with Crippen molar-refractivity contribution in [3.63, 3.8) is 0 Å². The molecule has 0 saturated carbocycles. The van der Waals surface area contributed by atoms with E-state index in [1.807, 2.05) is 20.8 Å². The van der Waals surface area contributed by atoms with Crippen LogP contribution in [0.15, 0.2) is 0 Å². The quantitative estimate of drug-likeness (QED) is 0.650. The van der Waals surface area contributed by atoms with Crippen LogP contribution in [0.4, 0.5) is 0 Å². The zero-order valence-corrected chi connectivity index (χ0v) is 10.4. The summed E-state index contributed by atoms with van der Waals surface area (Å²) >= 11 is 0. The first-order valence-corrected chi connectivity index (χ1v) is 4.77. The maximum atomic E-state index is 8.84.